The van der Waals surface area contributed by atoms with Gasteiger partial charge in [0, 0.05) is 11.1 Å². The van der Waals surface area contributed by atoms with Gasteiger partial charge in [-0.1, -0.05) is 0 Å². The summed E-state index contributed by atoms with van der Waals surface area (Å²) in [4.78, 5) is 54.8. The van der Waals surface area contributed by atoms with Gasteiger partial charge in [-0.15, -0.1) is 16.2 Å². The number of fused-ring (bicyclic) bond motifs is 1. The van der Waals surface area contributed by atoms with Gasteiger partial charge in [-0.2, -0.15) is 0 Å². The van der Waals surface area contributed by atoms with E-state index in [0.29, 0.717) is 54.1 Å². The van der Waals surface area contributed by atoms with Crippen molar-refractivity contribution in [3.63, 3.8) is 0 Å². The van der Waals surface area contributed by atoms with E-state index < -0.39 is 11.9 Å². The molecule has 10 heteroatoms. The number of hydrogen-bond acceptors (Lipinski definition) is 7. The lowest BCUT2D eigenvalue weighted by atomic mass is 9.96. The van der Waals surface area contributed by atoms with E-state index in [1.54, 1.807) is 6.92 Å². The normalized spacial score (nSPS) is 16.2. The summed E-state index contributed by atoms with van der Waals surface area (Å²) in [5, 5.41) is 12.0. The number of aromatic amines is 1. The molecule has 0 radical (unpaired) electrons. The average molecular weight is 364 g/mol. The fraction of sp³-hybridized carbons (Fsp3) is 0.467. The first-order valence-electron chi connectivity index (χ1n) is 7.76. The second kappa shape index (κ2) is 6.81. The number of aromatic nitrogens is 2. The lowest BCUT2D eigenvalue weighted by Gasteiger charge is -2.29. The second-order valence-electron chi connectivity index (χ2n) is 6.03. The fourth-order valence-corrected chi connectivity index (χ4v) is 4.13. The highest BCUT2D eigenvalue weighted by Gasteiger charge is 2.26. The minimum Gasteiger partial charge on any atom is -0.477 e. The Morgan fingerprint density at radius 3 is 2.68 bits per heavy atom. The maximum Gasteiger partial charge on any atom is 0.346 e. The third-order valence-electron chi connectivity index (χ3n) is 4.44. The molecule has 0 unspecified atom stereocenters. The largest absolute Gasteiger partial charge is 0.477 e. The molecule has 2 aromatic rings. The van der Waals surface area contributed by atoms with Gasteiger partial charge in [-0.3, -0.25) is 14.5 Å². The van der Waals surface area contributed by atoms with Crippen molar-refractivity contribution in [2.24, 2.45) is 11.1 Å². The summed E-state index contributed by atoms with van der Waals surface area (Å²) in [7, 11) is 0. The number of H-pyrrole nitrogens is 1. The van der Waals surface area contributed by atoms with Crippen LogP contribution < -0.4 is 5.56 Å². The zero-order valence-electron chi connectivity index (χ0n) is 13.4. The van der Waals surface area contributed by atoms with E-state index in [0.717, 1.165) is 11.3 Å². The lowest BCUT2D eigenvalue weighted by molar-refractivity contribution is -0.123. The highest BCUT2D eigenvalue weighted by molar-refractivity contribution is 7.20. The number of aryl methyl sites for hydroxylation is 1. The van der Waals surface area contributed by atoms with Crippen molar-refractivity contribution in [1.82, 2.24) is 14.9 Å². The summed E-state index contributed by atoms with van der Waals surface area (Å²) in [6.07, 6.45) is 1.08. The molecule has 0 atom stereocenters. The fourth-order valence-electron chi connectivity index (χ4n) is 3.09. The molecule has 2 aromatic heterocycles. The van der Waals surface area contributed by atoms with Gasteiger partial charge in [0.05, 0.1) is 11.9 Å². The van der Waals surface area contributed by atoms with Crippen LogP contribution >= 0.6 is 11.3 Å². The Morgan fingerprint density at radius 1 is 1.40 bits per heavy atom. The highest BCUT2D eigenvalue weighted by atomic mass is 32.1. The molecular weight excluding hydrogens is 348 g/mol. The molecule has 3 rings (SSSR count). The number of carboxylic acid groups (broad SMARTS) is 1. The van der Waals surface area contributed by atoms with Crippen molar-refractivity contribution >= 4 is 33.4 Å². The molecule has 25 heavy (non-hydrogen) atoms. The molecule has 0 spiro atoms. The molecule has 3 heterocycles. The Labute approximate surface area is 145 Å². The van der Waals surface area contributed by atoms with Crippen LogP contribution in [0.25, 0.3) is 10.2 Å². The second-order valence-corrected chi connectivity index (χ2v) is 7.03. The Bertz CT molecular complexity index is 911. The van der Waals surface area contributed by atoms with Crippen molar-refractivity contribution in [2.45, 2.75) is 26.3 Å². The number of hydrogen-bond donors (Lipinski definition) is 2. The molecule has 2 N–H and O–H groups in total. The molecule has 1 fully saturated rings. The molecule has 1 aliphatic heterocycles. The first-order valence-corrected chi connectivity index (χ1v) is 8.57. The van der Waals surface area contributed by atoms with Crippen LogP contribution in [0.15, 0.2) is 9.97 Å². The molecule has 0 bridgehead atoms. The zero-order chi connectivity index (χ0) is 18.1. The average Bonchev–Trinajstić information content (AvgIpc) is 2.92. The number of thiophene rings is 1. The third-order valence-corrected chi connectivity index (χ3v) is 5.62. The van der Waals surface area contributed by atoms with E-state index in [4.69, 9.17) is 0 Å². The third kappa shape index (κ3) is 3.35. The number of piperidine rings is 1. The van der Waals surface area contributed by atoms with E-state index in [9.17, 15) is 24.4 Å². The number of amides is 1. The van der Waals surface area contributed by atoms with Gasteiger partial charge in [-0.25, -0.2) is 9.78 Å². The number of carbonyl (C=O) groups is 2. The summed E-state index contributed by atoms with van der Waals surface area (Å²) >= 11 is 0.989. The van der Waals surface area contributed by atoms with E-state index >= 15 is 0 Å². The first-order chi connectivity index (χ1) is 11.9. The van der Waals surface area contributed by atoms with Gasteiger partial charge in [0.2, 0.25) is 0 Å². The highest BCUT2D eigenvalue weighted by Crippen LogP contribution is 2.27. The molecule has 0 aliphatic carbocycles. The van der Waals surface area contributed by atoms with Crippen LogP contribution in [0.1, 0.15) is 33.9 Å². The van der Waals surface area contributed by atoms with Crippen LogP contribution in [0.4, 0.5) is 0 Å². The zero-order valence-corrected chi connectivity index (χ0v) is 14.3. The number of carboxylic acids is 1. The molecule has 1 saturated heterocycles. The van der Waals surface area contributed by atoms with Gasteiger partial charge in [-0.05, 0) is 38.4 Å². The molecule has 132 valence electrons. The summed E-state index contributed by atoms with van der Waals surface area (Å²) in [5.74, 6) is -1.56. The van der Waals surface area contributed by atoms with Gasteiger partial charge in [0.15, 0.2) is 0 Å². The van der Waals surface area contributed by atoms with E-state index in [1.807, 2.05) is 4.90 Å². The molecule has 1 aliphatic rings. The lowest BCUT2D eigenvalue weighted by Crippen LogP contribution is -2.36. The van der Waals surface area contributed by atoms with Crippen molar-refractivity contribution in [1.29, 1.82) is 0 Å². The Balaban J connectivity index is 1.79. The molecule has 9 nitrogen and oxygen atoms in total. The number of aromatic carboxylic acids is 1. The van der Waals surface area contributed by atoms with Crippen molar-refractivity contribution in [3.05, 3.63) is 31.5 Å². The van der Waals surface area contributed by atoms with Crippen LogP contribution in [0.2, 0.25) is 0 Å². The van der Waals surface area contributed by atoms with Gasteiger partial charge < -0.3 is 10.1 Å². The smallest absolute Gasteiger partial charge is 0.346 e. The monoisotopic (exact) mass is 364 g/mol. The molecular formula is C15H16N4O5S. The summed E-state index contributed by atoms with van der Waals surface area (Å²) < 4.78 is 0. The van der Waals surface area contributed by atoms with Crippen LogP contribution in [0.3, 0.4) is 0 Å². The van der Waals surface area contributed by atoms with Crippen LogP contribution in [0.5, 0.6) is 0 Å². The summed E-state index contributed by atoms with van der Waals surface area (Å²) in [5.41, 5.74) is 0.0740. The van der Waals surface area contributed by atoms with Gasteiger partial charge in [0.1, 0.15) is 15.5 Å². The van der Waals surface area contributed by atoms with Crippen LogP contribution in [-0.2, 0) is 11.3 Å². The minimum absolute atomic E-state index is 0.117. The number of rotatable bonds is 4. The number of nitrogens with zero attached hydrogens (tertiary/aromatic N) is 3. The van der Waals surface area contributed by atoms with Crippen LogP contribution in [-0.4, -0.2) is 44.9 Å². The Morgan fingerprint density at radius 2 is 2.08 bits per heavy atom. The van der Waals surface area contributed by atoms with Crippen LogP contribution in [0, 0.1) is 17.7 Å². The first kappa shape index (κ1) is 17.4. The van der Waals surface area contributed by atoms with Gasteiger partial charge in [0.25, 0.3) is 11.5 Å². The van der Waals surface area contributed by atoms with Crippen molar-refractivity contribution in [3.8, 4) is 0 Å². The SMILES string of the molecule is Cc1c(C(=O)O)sc2nc(CN3CCC(C(=O)N=O)CC3)[nH]c(=O)c12. The predicted octanol–water partition coefficient (Wildman–Crippen LogP) is 1.50. The molecule has 0 aromatic carbocycles. The summed E-state index contributed by atoms with van der Waals surface area (Å²) in [6, 6.07) is 0. The van der Waals surface area contributed by atoms with Gasteiger partial charge >= 0.3 is 5.97 Å². The number of nitroso groups, excluding NO2 is 1. The predicted molar refractivity (Wildman–Crippen MR) is 90.7 cm³/mol. The number of nitrogens with one attached hydrogen (secondary N) is 1. The quantitative estimate of drug-likeness (QED) is 0.785. The Hall–Kier alpha value is -2.46. The standard InChI is InChI=1S/C15H16N4O5S/c1-7-10-13(21)16-9(17-14(10)25-11(7)15(22)23)6-19-4-2-8(3-5-19)12(20)18-24/h8H,2-6H2,1H3,(H,22,23)(H,16,17,21). The minimum atomic E-state index is -1.07. The number of carbonyl (C=O) groups excluding carboxylic acids is 1. The van der Waals surface area contributed by atoms with E-state index in [-0.39, 0.29) is 16.4 Å². The number of likely N-dealkylation sites (tertiary alicyclic amines) is 1. The molecule has 1 amide bonds. The Kier molecular flexibility index (Phi) is 4.73. The maximum absolute atomic E-state index is 12.3. The molecule has 0 saturated carbocycles. The van der Waals surface area contributed by atoms with E-state index in [2.05, 4.69) is 15.1 Å². The summed E-state index contributed by atoms with van der Waals surface area (Å²) in [6.45, 7) is 3.18. The van der Waals surface area contributed by atoms with Crippen molar-refractivity contribution in [2.75, 3.05) is 13.1 Å². The van der Waals surface area contributed by atoms with Crippen molar-refractivity contribution < 1.29 is 14.7 Å². The maximum atomic E-state index is 12.3. The topological polar surface area (TPSA) is 133 Å². The van der Waals surface area contributed by atoms with E-state index in [1.165, 1.54) is 0 Å².